The van der Waals surface area contributed by atoms with Crippen molar-refractivity contribution in [3.8, 4) is 11.5 Å². The number of fused-ring (bicyclic) bond motifs is 1. The Kier molecular flexibility index (Phi) is 5.27. The predicted octanol–water partition coefficient (Wildman–Crippen LogP) is 1.98. The second kappa shape index (κ2) is 7.30. The molecule has 142 valence electrons. The van der Waals surface area contributed by atoms with Gasteiger partial charge >= 0.3 is 6.03 Å². The number of thioether (sulfide) groups is 1. The lowest BCUT2D eigenvalue weighted by molar-refractivity contribution is 0.181. The van der Waals surface area contributed by atoms with Gasteiger partial charge in [-0.05, 0) is 11.7 Å². The normalized spacial score (nSPS) is 15.7. The molecule has 3 rings (SSSR count). The van der Waals surface area contributed by atoms with Crippen LogP contribution in [-0.4, -0.2) is 59.8 Å². The molecule has 8 nitrogen and oxygen atoms in total. The van der Waals surface area contributed by atoms with Crippen LogP contribution in [0.4, 0.5) is 4.79 Å². The van der Waals surface area contributed by atoms with Gasteiger partial charge in [0.1, 0.15) is 5.69 Å². The summed E-state index contributed by atoms with van der Waals surface area (Å²) in [5, 5.41) is 12.0. The van der Waals surface area contributed by atoms with Crippen molar-refractivity contribution in [1.82, 2.24) is 34.5 Å². The molecule has 3 heterocycles. The van der Waals surface area contributed by atoms with Crippen molar-refractivity contribution in [2.45, 2.75) is 39.1 Å². The minimum absolute atomic E-state index is 0.0399. The van der Waals surface area contributed by atoms with Gasteiger partial charge in [0.2, 0.25) is 0 Å². The molecule has 0 aliphatic carbocycles. The van der Waals surface area contributed by atoms with Gasteiger partial charge in [-0.3, -0.25) is 0 Å². The van der Waals surface area contributed by atoms with Crippen molar-refractivity contribution in [2.75, 3.05) is 19.3 Å². The van der Waals surface area contributed by atoms with Crippen molar-refractivity contribution < 1.29 is 4.79 Å². The number of carbonyl (C=O) groups excluding carboxylic acids is 1. The maximum atomic E-state index is 12.6. The second-order valence-corrected chi connectivity index (χ2v) is 8.75. The average molecular weight is 378 g/mol. The summed E-state index contributed by atoms with van der Waals surface area (Å²) in [4.78, 5) is 18.7. The Morgan fingerprint density at radius 2 is 2.12 bits per heavy atom. The van der Waals surface area contributed by atoms with E-state index in [1.807, 2.05) is 22.4 Å². The second-order valence-electron chi connectivity index (χ2n) is 7.71. The number of carbonyl (C=O) groups is 1. The standard InChI is InChI=1S/C17H27N7OS/c1-17(2,3)13(26-5)8-18-16(25)23-6-7-24-14(10-23)20-21-15(24)12-9-22(4)11-19-12/h9,11,13H,6-8,10H2,1-5H3,(H,18,25). The summed E-state index contributed by atoms with van der Waals surface area (Å²) in [5.41, 5.74) is 0.948. The van der Waals surface area contributed by atoms with Gasteiger partial charge in [0.25, 0.3) is 0 Å². The van der Waals surface area contributed by atoms with Crippen molar-refractivity contribution in [1.29, 1.82) is 0 Å². The molecule has 26 heavy (non-hydrogen) atoms. The summed E-state index contributed by atoms with van der Waals surface area (Å²) in [6.07, 6.45) is 5.76. The van der Waals surface area contributed by atoms with Gasteiger partial charge in [-0.15, -0.1) is 10.2 Å². The molecular weight excluding hydrogens is 350 g/mol. The summed E-state index contributed by atoms with van der Waals surface area (Å²) in [6.45, 7) is 9.02. The SMILES string of the molecule is CSC(CNC(=O)N1CCn2c(nnc2-c2cn(C)cn2)C1)C(C)(C)C. The Labute approximate surface area is 158 Å². The third kappa shape index (κ3) is 3.87. The van der Waals surface area contributed by atoms with Crippen molar-refractivity contribution in [3.05, 3.63) is 18.3 Å². The van der Waals surface area contributed by atoms with Crippen LogP contribution in [0, 0.1) is 5.41 Å². The summed E-state index contributed by atoms with van der Waals surface area (Å²) in [7, 11) is 1.93. The summed E-state index contributed by atoms with van der Waals surface area (Å²) >= 11 is 1.79. The first-order valence-electron chi connectivity index (χ1n) is 8.75. The zero-order valence-corrected chi connectivity index (χ0v) is 16.9. The molecule has 9 heteroatoms. The van der Waals surface area contributed by atoms with Gasteiger partial charge in [0.05, 0.1) is 12.9 Å². The fourth-order valence-corrected chi connectivity index (χ4v) is 4.04. The number of nitrogens with one attached hydrogen (secondary N) is 1. The van der Waals surface area contributed by atoms with Crippen LogP contribution < -0.4 is 5.32 Å². The molecule has 0 fully saturated rings. The Morgan fingerprint density at radius 3 is 2.73 bits per heavy atom. The maximum Gasteiger partial charge on any atom is 0.317 e. The van der Waals surface area contributed by atoms with Crippen LogP contribution in [0.5, 0.6) is 0 Å². The van der Waals surface area contributed by atoms with E-state index in [1.165, 1.54) is 0 Å². The van der Waals surface area contributed by atoms with Crippen molar-refractivity contribution >= 4 is 17.8 Å². The highest BCUT2D eigenvalue weighted by atomic mass is 32.2. The third-order valence-electron chi connectivity index (χ3n) is 4.66. The molecule has 1 atom stereocenters. The van der Waals surface area contributed by atoms with Crippen molar-refractivity contribution in [3.63, 3.8) is 0 Å². The molecule has 0 radical (unpaired) electrons. The predicted molar refractivity (Wildman–Crippen MR) is 103 cm³/mol. The molecule has 1 aliphatic heterocycles. The van der Waals surface area contributed by atoms with Crippen LogP contribution in [0.3, 0.4) is 0 Å². The van der Waals surface area contributed by atoms with E-state index < -0.39 is 0 Å². The number of nitrogens with zero attached hydrogens (tertiary/aromatic N) is 6. The molecule has 1 N–H and O–H groups in total. The first-order chi connectivity index (χ1) is 12.3. The lowest BCUT2D eigenvalue weighted by atomic mass is 9.91. The fraction of sp³-hybridized carbons (Fsp3) is 0.647. The molecule has 1 aliphatic rings. The van der Waals surface area contributed by atoms with E-state index in [-0.39, 0.29) is 11.4 Å². The number of hydrogen-bond donors (Lipinski definition) is 1. The van der Waals surface area contributed by atoms with Crippen LogP contribution in [0.25, 0.3) is 11.5 Å². The Hall–Kier alpha value is -2.03. The van der Waals surface area contributed by atoms with E-state index in [2.05, 4.69) is 47.5 Å². The number of hydrogen-bond acceptors (Lipinski definition) is 5. The molecular formula is C17H27N7OS. The number of rotatable bonds is 4. The van der Waals surface area contributed by atoms with Crippen LogP contribution in [0.1, 0.15) is 26.6 Å². The largest absolute Gasteiger partial charge is 0.340 e. The number of imidazole rings is 1. The third-order valence-corrected chi connectivity index (χ3v) is 6.11. The Morgan fingerprint density at radius 1 is 1.35 bits per heavy atom. The van der Waals surface area contributed by atoms with E-state index in [1.54, 1.807) is 23.0 Å². The zero-order valence-electron chi connectivity index (χ0n) is 16.1. The minimum Gasteiger partial charge on any atom is -0.340 e. The van der Waals surface area contributed by atoms with Crippen molar-refractivity contribution in [2.24, 2.45) is 12.5 Å². The molecule has 0 spiro atoms. The van der Waals surface area contributed by atoms with Gasteiger partial charge in [0, 0.05) is 38.1 Å². The molecule has 0 saturated heterocycles. The quantitative estimate of drug-likeness (QED) is 0.881. The molecule has 2 aromatic heterocycles. The summed E-state index contributed by atoms with van der Waals surface area (Å²) < 4.78 is 3.93. The number of amides is 2. The van der Waals surface area contributed by atoms with Gasteiger partial charge in [-0.25, -0.2) is 9.78 Å². The van der Waals surface area contributed by atoms with Gasteiger partial charge in [-0.1, -0.05) is 20.8 Å². The molecule has 0 bridgehead atoms. The minimum atomic E-state index is -0.0399. The lowest BCUT2D eigenvalue weighted by Crippen LogP contribution is -2.47. The number of urea groups is 1. The molecule has 0 aromatic carbocycles. The maximum absolute atomic E-state index is 12.6. The fourth-order valence-electron chi connectivity index (χ4n) is 3.08. The van der Waals surface area contributed by atoms with Crippen LogP contribution in [0.2, 0.25) is 0 Å². The van der Waals surface area contributed by atoms with E-state index in [0.29, 0.717) is 31.4 Å². The van der Waals surface area contributed by atoms with E-state index in [4.69, 9.17) is 0 Å². The Balaban J connectivity index is 1.64. The molecule has 1 unspecified atom stereocenters. The van der Waals surface area contributed by atoms with E-state index in [9.17, 15) is 4.79 Å². The monoisotopic (exact) mass is 377 g/mol. The summed E-state index contributed by atoms with van der Waals surface area (Å²) in [6, 6.07) is -0.0399. The summed E-state index contributed by atoms with van der Waals surface area (Å²) in [5.74, 6) is 1.56. The first-order valence-corrected chi connectivity index (χ1v) is 10.0. The average Bonchev–Trinajstić information content (AvgIpc) is 3.19. The highest BCUT2D eigenvalue weighted by molar-refractivity contribution is 7.99. The highest BCUT2D eigenvalue weighted by Gasteiger charge is 2.28. The molecule has 0 saturated carbocycles. The van der Waals surface area contributed by atoms with Gasteiger partial charge in [0.15, 0.2) is 11.6 Å². The van der Waals surface area contributed by atoms with Gasteiger partial charge < -0.3 is 19.4 Å². The van der Waals surface area contributed by atoms with E-state index in [0.717, 1.165) is 17.3 Å². The number of aromatic nitrogens is 5. The molecule has 2 aromatic rings. The first kappa shape index (κ1) is 18.8. The van der Waals surface area contributed by atoms with Crippen LogP contribution in [0.15, 0.2) is 12.5 Å². The Bertz CT molecular complexity index is 776. The van der Waals surface area contributed by atoms with E-state index >= 15 is 0 Å². The molecule has 2 amide bonds. The smallest absolute Gasteiger partial charge is 0.317 e. The lowest BCUT2D eigenvalue weighted by Gasteiger charge is -2.32. The number of aryl methyl sites for hydroxylation is 1. The van der Waals surface area contributed by atoms with Gasteiger partial charge in [-0.2, -0.15) is 11.8 Å². The topological polar surface area (TPSA) is 80.9 Å². The van der Waals surface area contributed by atoms with Crippen LogP contribution in [-0.2, 0) is 20.1 Å². The highest BCUT2D eigenvalue weighted by Crippen LogP contribution is 2.28. The van der Waals surface area contributed by atoms with Crippen LogP contribution >= 0.6 is 11.8 Å². The zero-order chi connectivity index (χ0) is 18.9.